The fourth-order valence-corrected chi connectivity index (χ4v) is 3.18. The monoisotopic (exact) mass is 308 g/mol. The first-order chi connectivity index (χ1) is 10.1. The molecule has 0 aliphatic heterocycles. The zero-order valence-corrected chi connectivity index (χ0v) is 12.7. The Morgan fingerprint density at radius 3 is 2.67 bits per heavy atom. The van der Waals surface area contributed by atoms with Gasteiger partial charge < -0.3 is 10.4 Å². The first-order valence-electron chi connectivity index (χ1n) is 7.26. The minimum absolute atomic E-state index is 0.0940. The van der Waals surface area contributed by atoms with Gasteiger partial charge in [0.15, 0.2) is 0 Å². The van der Waals surface area contributed by atoms with Crippen LogP contribution in [-0.2, 0) is 4.79 Å². The van der Waals surface area contributed by atoms with Crippen molar-refractivity contribution >= 4 is 23.6 Å². The van der Waals surface area contributed by atoms with Gasteiger partial charge in [0.2, 0.25) is 5.91 Å². The summed E-state index contributed by atoms with van der Waals surface area (Å²) in [5, 5.41) is 12.6. The van der Waals surface area contributed by atoms with Gasteiger partial charge in [-0.25, -0.2) is 9.78 Å². The molecule has 2 rings (SSSR count). The van der Waals surface area contributed by atoms with Crippen LogP contribution in [0, 0.1) is 0 Å². The Hall–Kier alpha value is -1.56. The quantitative estimate of drug-likeness (QED) is 0.790. The van der Waals surface area contributed by atoms with Crippen molar-refractivity contribution in [3.63, 3.8) is 0 Å². The molecule has 1 amide bonds. The zero-order chi connectivity index (χ0) is 15.1. The molecule has 114 valence electrons. The van der Waals surface area contributed by atoms with E-state index >= 15 is 0 Å². The van der Waals surface area contributed by atoms with Crippen LogP contribution in [0.5, 0.6) is 0 Å². The van der Waals surface area contributed by atoms with E-state index in [2.05, 4.69) is 10.3 Å². The van der Waals surface area contributed by atoms with Crippen LogP contribution in [0.1, 0.15) is 48.9 Å². The Labute approximate surface area is 128 Å². The largest absolute Gasteiger partial charge is 0.478 e. The van der Waals surface area contributed by atoms with E-state index in [0.717, 1.165) is 17.9 Å². The van der Waals surface area contributed by atoms with Crippen LogP contribution in [0.25, 0.3) is 0 Å². The first-order valence-corrected chi connectivity index (χ1v) is 8.25. The summed E-state index contributed by atoms with van der Waals surface area (Å²) < 4.78 is 0. The molecule has 2 N–H and O–H groups in total. The summed E-state index contributed by atoms with van der Waals surface area (Å²) in [5.74, 6) is -0.236. The lowest BCUT2D eigenvalue weighted by Crippen LogP contribution is -2.36. The second-order valence-electron chi connectivity index (χ2n) is 5.19. The van der Waals surface area contributed by atoms with E-state index < -0.39 is 5.97 Å². The lowest BCUT2D eigenvalue weighted by Gasteiger charge is -2.22. The van der Waals surface area contributed by atoms with E-state index in [4.69, 9.17) is 5.11 Å². The summed E-state index contributed by atoms with van der Waals surface area (Å²) in [6.45, 7) is 0. The molecule has 6 heteroatoms. The van der Waals surface area contributed by atoms with Crippen molar-refractivity contribution in [3.8, 4) is 0 Å². The van der Waals surface area contributed by atoms with Gasteiger partial charge in [0.25, 0.3) is 0 Å². The number of carboxylic acids is 1. The van der Waals surface area contributed by atoms with Gasteiger partial charge in [0, 0.05) is 24.4 Å². The Morgan fingerprint density at radius 2 is 2.05 bits per heavy atom. The molecule has 1 aliphatic carbocycles. The second-order valence-corrected chi connectivity index (χ2v) is 6.31. The van der Waals surface area contributed by atoms with Gasteiger partial charge in [-0.15, -0.1) is 11.8 Å². The Bertz CT molecular complexity index is 484. The Morgan fingerprint density at radius 1 is 1.29 bits per heavy atom. The number of nitrogens with zero attached hydrogens (tertiary/aromatic N) is 1. The molecule has 1 aromatic heterocycles. The number of amides is 1. The van der Waals surface area contributed by atoms with Gasteiger partial charge in [-0.3, -0.25) is 4.79 Å². The molecule has 1 fully saturated rings. The van der Waals surface area contributed by atoms with Crippen LogP contribution in [0.15, 0.2) is 23.4 Å². The summed E-state index contributed by atoms with van der Waals surface area (Å²) >= 11 is 1.47. The number of carboxylic acid groups (broad SMARTS) is 1. The summed E-state index contributed by atoms with van der Waals surface area (Å²) in [6, 6.07) is 3.55. The number of aromatic carboxylic acids is 1. The number of carbonyl (C=O) groups is 2. The van der Waals surface area contributed by atoms with Crippen molar-refractivity contribution in [1.82, 2.24) is 10.3 Å². The molecule has 21 heavy (non-hydrogen) atoms. The number of pyridine rings is 1. The van der Waals surface area contributed by atoms with Crippen LogP contribution in [0.4, 0.5) is 0 Å². The fraction of sp³-hybridized carbons (Fsp3) is 0.533. The SMILES string of the molecule is O=C(CCSc1ccc(C(=O)O)cn1)NC1CCCCC1. The lowest BCUT2D eigenvalue weighted by atomic mass is 9.95. The Kier molecular flexibility index (Phi) is 6.04. The van der Waals surface area contributed by atoms with Crippen molar-refractivity contribution < 1.29 is 14.7 Å². The van der Waals surface area contributed by atoms with Gasteiger partial charge in [-0.1, -0.05) is 19.3 Å². The van der Waals surface area contributed by atoms with E-state index in [-0.39, 0.29) is 11.5 Å². The second kappa shape index (κ2) is 8.02. The minimum atomic E-state index is -0.981. The molecule has 1 aromatic rings. The predicted octanol–water partition coefficient (Wildman–Crippen LogP) is 2.71. The molecule has 0 aromatic carbocycles. The van der Waals surface area contributed by atoms with Gasteiger partial charge in [-0.05, 0) is 25.0 Å². The molecule has 0 bridgehead atoms. The van der Waals surface area contributed by atoms with Crippen LogP contribution in [-0.4, -0.2) is 33.8 Å². The van der Waals surface area contributed by atoms with Crippen molar-refractivity contribution in [2.45, 2.75) is 49.6 Å². The topological polar surface area (TPSA) is 79.3 Å². The molecule has 5 nitrogen and oxygen atoms in total. The predicted molar refractivity (Wildman–Crippen MR) is 81.6 cm³/mol. The molecule has 1 heterocycles. The minimum Gasteiger partial charge on any atom is -0.478 e. The number of hydrogen-bond acceptors (Lipinski definition) is 4. The van der Waals surface area contributed by atoms with Gasteiger partial charge in [0.05, 0.1) is 10.6 Å². The number of nitrogens with one attached hydrogen (secondary N) is 1. The van der Waals surface area contributed by atoms with Gasteiger partial charge in [0.1, 0.15) is 0 Å². The fourth-order valence-electron chi connectivity index (χ4n) is 2.39. The highest BCUT2D eigenvalue weighted by Crippen LogP contribution is 2.19. The summed E-state index contributed by atoms with van der Waals surface area (Å²) in [5.41, 5.74) is 0.175. The van der Waals surface area contributed by atoms with Crippen LogP contribution in [0.2, 0.25) is 0 Å². The van der Waals surface area contributed by atoms with Gasteiger partial charge in [-0.2, -0.15) is 0 Å². The van der Waals surface area contributed by atoms with E-state index in [9.17, 15) is 9.59 Å². The maximum atomic E-state index is 11.8. The number of carbonyl (C=O) groups excluding carboxylic acids is 1. The van der Waals surface area contributed by atoms with Crippen molar-refractivity contribution in [2.75, 3.05) is 5.75 Å². The van der Waals surface area contributed by atoms with E-state index in [0.29, 0.717) is 18.2 Å². The van der Waals surface area contributed by atoms with Crippen LogP contribution in [0.3, 0.4) is 0 Å². The van der Waals surface area contributed by atoms with E-state index in [1.165, 1.54) is 43.3 Å². The lowest BCUT2D eigenvalue weighted by molar-refractivity contribution is -0.121. The van der Waals surface area contributed by atoms with E-state index in [1.807, 2.05) is 0 Å². The third-order valence-electron chi connectivity index (χ3n) is 3.53. The molecular weight excluding hydrogens is 288 g/mol. The number of rotatable bonds is 6. The van der Waals surface area contributed by atoms with Gasteiger partial charge >= 0.3 is 5.97 Å². The molecule has 0 radical (unpaired) electrons. The third kappa shape index (κ3) is 5.38. The molecule has 1 saturated carbocycles. The molecule has 0 unspecified atom stereocenters. The Balaban J connectivity index is 1.68. The molecule has 0 atom stereocenters. The van der Waals surface area contributed by atoms with Crippen molar-refractivity contribution in [3.05, 3.63) is 23.9 Å². The standard InChI is InChI=1S/C15H20N2O3S/c18-13(17-12-4-2-1-3-5-12)8-9-21-14-7-6-11(10-16-14)15(19)20/h6-7,10,12H,1-5,8-9H2,(H,17,18)(H,19,20). The number of aromatic nitrogens is 1. The van der Waals surface area contributed by atoms with Crippen molar-refractivity contribution in [2.24, 2.45) is 0 Å². The van der Waals surface area contributed by atoms with Crippen molar-refractivity contribution in [1.29, 1.82) is 0 Å². The third-order valence-corrected chi connectivity index (χ3v) is 4.48. The first kappa shape index (κ1) is 15.8. The molecule has 0 saturated heterocycles. The summed E-state index contributed by atoms with van der Waals surface area (Å²) in [7, 11) is 0. The van der Waals surface area contributed by atoms with E-state index in [1.54, 1.807) is 6.07 Å². The number of thioether (sulfide) groups is 1. The number of hydrogen-bond donors (Lipinski definition) is 2. The molecular formula is C15H20N2O3S. The maximum absolute atomic E-state index is 11.8. The molecule has 0 spiro atoms. The summed E-state index contributed by atoms with van der Waals surface area (Å²) in [4.78, 5) is 26.6. The average Bonchev–Trinajstić information content (AvgIpc) is 2.49. The summed E-state index contributed by atoms with van der Waals surface area (Å²) in [6.07, 6.45) is 7.68. The van der Waals surface area contributed by atoms with Crippen LogP contribution < -0.4 is 5.32 Å². The highest BCUT2D eigenvalue weighted by Gasteiger charge is 2.15. The highest BCUT2D eigenvalue weighted by atomic mass is 32.2. The van der Waals surface area contributed by atoms with Crippen LogP contribution >= 0.6 is 11.8 Å². The smallest absolute Gasteiger partial charge is 0.337 e. The maximum Gasteiger partial charge on any atom is 0.337 e. The zero-order valence-electron chi connectivity index (χ0n) is 11.9. The normalized spacial score (nSPS) is 15.6. The molecule has 1 aliphatic rings. The highest BCUT2D eigenvalue weighted by molar-refractivity contribution is 7.99. The average molecular weight is 308 g/mol.